The SMILES string of the molecule is CC.CC.CCCc1ccsc1C=O. The Kier molecular flexibility index (Phi) is 14.0. The summed E-state index contributed by atoms with van der Waals surface area (Å²) in [4.78, 5) is 11.3. The molecule has 0 saturated carbocycles. The van der Waals surface area contributed by atoms with Crippen molar-refractivity contribution < 1.29 is 4.79 Å². The highest BCUT2D eigenvalue weighted by atomic mass is 32.1. The molecule has 1 aromatic rings. The van der Waals surface area contributed by atoms with Gasteiger partial charge < -0.3 is 0 Å². The van der Waals surface area contributed by atoms with E-state index in [1.165, 1.54) is 16.9 Å². The van der Waals surface area contributed by atoms with E-state index in [1.807, 2.05) is 39.1 Å². The van der Waals surface area contributed by atoms with E-state index in [0.29, 0.717) is 0 Å². The summed E-state index contributed by atoms with van der Waals surface area (Å²) < 4.78 is 0. The molecule has 2 heteroatoms. The van der Waals surface area contributed by atoms with Gasteiger partial charge in [0, 0.05) is 0 Å². The minimum Gasteiger partial charge on any atom is -0.297 e. The molecule has 0 saturated heterocycles. The van der Waals surface area contributed by atoms with Crippen LogP contribution in [0, 0.1) is 0 Å². The molecule has 0 aliphatic rings. The van der Waals surface area contributed by atoms with Gasteiger partial charge in [-0.3, -0.25) is 4.79 Å². The minimum atomic E-state index is 0.891. The van der Waals surface area contributed by atoms with E-state index in [1.54, 1.807) is 0 Å². The van der Waals surface area contributed by atoms with Crippen LogP contribution in [0.1, 0.15) is 56.3 Å². The first-order valence-electron chi connectivity index (χ1n) is 5.40. The van der Waals surface area contributed by atoms with Gasteiger partial charge in [-0.2, -0.15) is 0 Å². The number of aldehydes is 1. The van der Waals surface area contributed by atoms with E-state index in [9.17, 15) is 4.79 Å². The van der Waals surface area contributed by atoms with Gasteiger partial charge in [0.25, 0.3) is 0 Å². The van der Waals surface area contributed by atoms with Crippen LogP contribution in [0.15, 0.2) is 11.4 Å². The lowest BCUT2D eigenvalue weighted by molar-refractivity contribution is 0.112. The van der Waals surface area contributed by atoms with Crippen molar-refractivity contribution in [3.05, 3.63) is 21.9 Å². The summed E-state index contributed by atoms with van der Waals surface area (Å²) in [6, 6.07) is 2.03. The number of hydrogen-bond donors (Lipinski definition) is 0. The van der Waals surface area contributed by atoms with Crippen molar-refractivity contribution in [3.8, 4) is 0 Å². The fourth-order valence-electron chi connectivity index (χ4n) is 0.927. The summed E-state index contributed by atoms with van der Waals surface area (Å²) in [6.07, 6.45) is 3.07. The van der Waals surface area contributed by atoms with Crippen molar-refractivity contribution in [2.45, 2.75) is 47.5 Å². The second-order valence-electron chi connectivity index (χ2n) is 2.18. The predicted octanol–water partition coefficient (Wildman–Crippen LogP) is 4.57. The summed E-state index contributed by atoms with van der Waals surface area (Å²) in [5, 5.41) is 1.97. The van der Waals surface area contributed by atoms with Crippen molar-refractivity contribution in [1.82, 2.24) is 0 Å². The normalized spacial score (nSPS) is 7.79. The fourth-order valence-corrected chi connectivity index (χ4v) is 1.68. The lowest BCUT2D eigenvalue weighted by Gasteiger charge is -1.91. The molecule has 14 heavy (non-hydrogen) atoms. The van der Waals surface area contributed by atoms with Gasteiger partial charge >= 0.3 is 0 Å². The number of hydrogen-bond acceptors (Lipinski definition) is 2. The standard InChI is InChI=1S/C8H10OS.2C2H6/c1-2-3-7-4-5-10-8(7)6-9;2*1-2/h4-6H,2-3H2,1H3;2*1-2H3. The topological polar surface area (TPSA) is 17.1 Å². The molecule has 0 aromatic carbocycles. The molecule has 0 fully saturated rings. The highest BCUT2D eigenvalue weighted by Crippen LogP contribution is 2.15. The molecule has 1 heterocycles. The van der Waals surface area contributed by atoms with Crippen molar-refractivity contribution in [2.24, 2.45) is 0 Å². The third kappa shape index (κ3) is 5.92. The van der Waals surface area contributed by atoms with Gasteiger partial charge in [-0.05, 0) is 23.4 Å². The Labute approximate surface area is 92.2 Å². The highest BCUT2D eigenvalue weighted by Gasteiger charge is 1.99. The third-order valence-electron chi connectivity index (χ3n) is 1.41. The molecule has 0 atom stereocenters. The summed E-state index contributed by atoms with van der Waals surface area (Å²) >= 11 is 1.52. The van der Waals surface area contributed by atoms with Crippen LogP contribution in [-0.4, -0.2) is 6.29 Å². The van der Waals surface area contributed by atoms with Gasteiger partial charge in [0.2, 0.25) is 0 Å². The molecule has 1 nitrogen and oxygen atoms in total. The molecule has 0 aliphatic heterocycles. The van der Waals surface area contributed by atoms with E-state index < -0.39 is 0 Å². The summed E-state index contributed by atoms with van der Waals surface area (Å²) in [7, 11) is 0. The van der Waals surface area contributed by atoms with Gasteiger partial charge in [-0.25, -0.2) is 0 Å². The number of aryl methyl sites for hydroxylation is 1. The van der Waals surface area contributed by atoms with Gasteiger partial charge in [-0.1, -0.05) is 41.0 Å². The summed E-state index contributed by atoms with van der Waals surface area (Å²) in [6.45, 7) is 10.1. The zero-order valence-electron chi connectivity index (χ0n) is 9.96. The van der Waals surface area contributed by atoms with Gasteiger partial charge in [0.15, 0.2) is 6.29 Å². The first kappa shape index (κ1) is 15.8. The van der Waals surface area contributed by atoms with E-state index in [-0.39, 0.29) is 0 Å². The maximum absolute atomic E-state index is 10.4. The molecule has 0 unspecified atom stereocenters. The molecule has 1 aromatic heterocycles. The first-order chi connectivity index (χ1) is 6.88. The van der Waals surface area contributed by atoms with Gasteiger partial charge in [0.05, 0.1) is 4.88 Å². The van der Waals surface area contributed by atoms with E-state index in [0.717, 1.165) is 24.0 Å². The highest BCUT2D eigenvalue weighted by molar-refractivity contribution is 7.11. The maximum Gasteiger partial charge on any atom is 0.160 e. The van der Waals surface area contributed by atoms with E-state index in [2.05, 4.69) is 6.92 Å². The maximum atomic E-state index is 10.4. The van der Waals surface area contributed by atoms with Crippen LogP contribution in [0.3, 0.4) is 0 Å². The second kappa shape index (κ2) is 12.4. The molecular formula is C12H22OS. The lowest BCUT2D eigenvalue weighted by atomic mass is 10.1. The Morgan fingerprint density at radius 3 is 2.29 bits per heavy atom. The average molecular weight is 214 g/mol. The second-order valence-corrected chi connectivity index (χ2v) is 3.13. The summed E-state index contributed by atoms with van der Waals surface area (Å²) in [5.41, 5.74) is 1.20. The van der Waals surface area contributed by atoms with Crippen molar-refractivity contribution in [3.63, 3.8) is 0 Å². The molecule has 0 aliphatic carbocycles. The Balaban J connectivity index is 0. The molecule has 0 bridgehead atoms. The van der Waals surface area contributed by atoms with Crippen LogP contribution in [0.5, 0.6) is 0 Å². The fraction of sp³-hybridized carbons (Fsp3) is 0.583. The zero-order valence-corrected chi connectivity index (χ0v) is 10.8. The van der Waals surface area contributed by atoms with E-state index in [4.69, 9.17) is 0 Å². The monoisotopic (exact) mass is 214 g/mol. The Morgan fingerprint density at radius 2 is 1.86 bits per heavy atom. The van der Waals surface area contributed by atoms with Crippen LogP contribution in [0.25, 0.3) is 0 Å². The van der Waals surface area contributed by atoms with Crippen molar-refractivity contribution in [2.75, 3.05) is 0 Å². The van der Waals surface area contributed by atoms with Crippen LogP contribution < -0.4 is 0 Å². The molecular weight excluding hydrogens is 192 g/mol. The number of thiophene rings is 1. The first-order valence-corrected chi connectivity index (χ1v) is 6.28. The van der Waals surface area contributed by atoms with Gasteiger partial charge in [-0.15, -0.1) is 11.3 Å². The number of carbonyl (C=O) groups is 1. The number of carbonyl (C=O) groups excluding carboxylic acids is 1. The van der Waals surface area contributed by atoms with Crippen LogP contribution in [-0.2, 0) is 6.42 Å². The molecule has 0 radical (unpaired) electrons. The summed E-state index contributed by atoms with van der Waals surface area (Å²) in [5.74, 6) is 0. The molecule has 0 spiro atoms. The predicted molar refractivity (Wildman–Crippen MR) is 66.4 cm³/mol. The Hall–Kier alpha value is -0.630. The number of rotatable bonds is 3. The zero-order chi connectivity index (χ0) is 11.4. The van der Waals surface area contributed by atoms with Crippen LogP contribution >= 0.6 is 11.3 Å². The third-order valence-corrected chi connectivity index (χ3v) is 2.29. The average Bonchev–Trinajstić information content (AvgIpc) is 2.72. The van der Waals surface area contributed by atoms with E-state index >= 15 is 0 Å². The van der Waals surface area contributed by atoms with Crippen LogP contribution in [0.4, 0.5) is 0 Å². The smallest absolute Gasteiger partial charge is 0.160 e. The van der Waals surface area contributed by atoms with Gasteiger partial charge in [0.1, 0.15) is 0 Å². The Bertz CT molecular complexity index is 216. The Morgan fingerprint density at radius 1 is 1.29 bits per heavy atom. The lowest BCUT2D eigenvalue weighted by Crippen LogP contribution is -1.83. The molecule has 0 amide bonds. The van der Waals surface area contributed by atoms with Crippen molar-refractivity contribution >= 4 is 17.6 Å². The largest absolute Gasteiger partial charge is 0.297 e. The minimum absolute atomic E-state index is 0.891. The van der Waals surface area contributed by atoms with Crippen LogP contribution in [0.2, 0.25) is 0 Å². The molecule has 1 rings (SSSR count). The molecule has 0 N–H and O–H groups in total. The molecule has 82 valence electrons. The van der Waals surface area contributed by atoms with Crippen molar-refractivity contribution in [1.29, 1.82) is 0 Å². The quantitative estimate of drug-likeness (QED) is 0.674.